The molecule has 1 aromatic carbocycles. The summed E-state index contributed by atoms with van der Waals surface area (Å²) in [6.07, 6.45) is -0.790. The Labute approximate surface area is 124 Å². The van der Waals surface area contributed by atoms with Crippen molar-refractivity contribution in [3.8, 4) is 0 Å². The number of morpholine rings is 1. The number of sulfonamides is 1. The first kappa shape index (κ1) is 16.1. The van der Waals surface area contributed by atoms with Gasteiger partial charge in [-0.25, -0.2) is 8.42 Å². The van der Waals surface area contributed by atoms with Crippen LogP contribution >= 0.6 is 0 Å². The van der Waals surface area contributed by atoms with Crippen LogP contribution in [0.2, 0.25) is 0 Å². The van der Waals surface area contributed by atoms with Crippen LogP contribution in [0.4, 0.5) is 0 Å². The molecule has 21 heavy (non-hydrogen) atoms. The van der Waals surface area contributed by atoms with Gasteiger partial charge in [0, 0.05) is 18.7 Å². The van der Waals surface area contributed by atoms with Gasteiger partial charge in [0.1, 0.15) is 0 Å². The molecule has 1 aliphatic rings. The molecular formula is C14H19NO5S. The van der Waals surface area contributed by atoms with Crippen LogP contribution in [0.25, 0.3) is 0 Å². The van der Waals surface area contributed by atoms with Gasteiger partial charge in [-0.1, -0.05) is 12.1 Å². The molecule has 0 radical (unpaired) electrons. The molecule has 116 valence electrons. The molecule has 2 atom stereocenters. The Morgan fingerprint density at radius 3 is 2.48 bits per heavy atom. The van der Waals surface area contributed by atoms with E-state index in [9.17, 15) is 18.3 Å². The lowest BCUT2D eigenvalue weighted by molar-refractivity contribution is -0.0750. The first-order valence-electron chi connectivity index (χ1n) is 6.72. The highest BCUT2D eigenvalue weighted by Gasteiger charge is 2.33. The normalized spacial score (nSPS) is 24.0. The molecule has 0 spiro atoms. The van der Waals surface area contributed by atoms with E-state index in [-0.39, 0.29) is 36.5 Å². The fourth-order valence-corrected chi connectivity index (χ4v) is 3.86. The Balaban J connectivity index is 2.26. The molecule has 0 saturated carbocycles. The van der Waals surface area contributed by atoms with Crippen LogP contribution in [0, 0.1) is 0 Å². The number of nitrogens with zero attached hydrogens (tertiary/aromatic N) is 1. The molecule has 7 heteroatoms. The molecule has 6 nitrogen and oxygen atoms in total. The molecule has 0 amide bonds. The molecule has 0 aliphatic carbocycles. The third-order valence-electron chi connectivity index (χ3n) is 3.40. The minimum absolute atomic E-state index is 0.112. The number of hydrogen-bond donors (Lipinski definition) is 1. The van der Waals surface area contributed by atoms with Crippen LogP contribution in [0.5, 0.6) is 0 Å². The second-order valence-electron chi connectivity index (χ2n) is 5.15. The van der Waals surface area contributed by atoms with Gasteiger partial charge >= 0.3 is 0 Å². The number of ketones is 1. The number of hydrogen-bond acceptors (Lipinski definition) is 5. The van der Waals surface area contributed by atoms with Gasteiger partial charge in [0.2, 0.25) is 10.0 Å². The number of carbonyl (C=O) groups is 1. The number of rotatable bonds is 4. The summed E-state index contributed by atoms with van der Waals surface area (Å²) in [6, 6.07) is 5.87. The molecule has 1 saturated heterocycles. The number of carbonyl (C=O) groups excluding carboxylic acids is 1. The number of ether oxygens (including phenoxy) is 1. The molecule has 1 aliphatic heterocycles. The summed E-state index contributed by atoms with van der Waals surface area (Å²) in [7, 11) is -3.65. The lowest BCUT2D eigenvalue weighted by Crippen LogP contribution is -2.50. The lowest BCUT2D eigenvalue weighted by atomic mass is 10.2. The van der Waals surface area contributed by atoms with E-state index < -0.39 is 16.1 Å². The summed E-state index contributed by atoms with van der Waals surface area (Å²) in [5.41, 5.74) is 0.470. The van der Waals surface area contributed by atoms with Crippen LogP contribution < -0.4 is 0 Å². The summed E-state index contributed by atoms with van der Waals surface area (Å²) in [4.78, 5) is 11.4. The van der Waals surface area contributed by atoms with Gasteiger partial charge in [-0.3, -0.25) is 4.79 Å². The third kappa shape index (κ3) is 3.49. The number of Topliss-reactive ketones (excluding diaryl/α,β-unsaturated/α-hetero) is 1. The maximum Gasteiger partial charge on any atom is 0.243 e. The van der Waals surface area contributed by atoms with Gasteiger partial charge in [0.05, 0.1) is 23.7 Å². The quantitative estimate of drug-likeness (QED) is 0.826. The van der Waals surface area contributed by atoms with E-state index in [1.54, 1.807) is 6.92 Å². The highest BCUT2D eigenvalue weighted by Crippen LogP contribution is 2.21. The molecule has 1 aromatic rings. The molecular weight excluding hydrogens is 294 g/mol. The molecule has 2 unspecified atom stereocenters. The van der Waals surface area contributed by atoms with Crippen LogP contribution in [0.15, 0.2) is 29.2 Å². The highest BCUT2D eigenvalue weighted by atomic mass is 32.2. The first-order chi connectivity index (χ1) is 9.84. The summed E-state index contributed by atoms with van der Waals surface area (Å²) < 4.78 is 31.9. The van der Waals surface area contributed by atoms with Gasteiger partial charge in [0.15, 0.2) is 5.78 Å². The topological polar surface area (TPSA) is 83.9 Å². The average molecular weight is 313 g/mol. The largest absolute Gasteiger partial charge is 0.394 e. The summed E-state index contributed by atoms with van der Waals surface area (Å²) in [5.74, 6) is -0.112. The molecule has 1 N–H and O–H groups in total. The molecule has 1 heterocycles. The van der Waals surface area contributed by atoms with Gasteiger partial charge in [-0.2, -0.15) is 4.31 Å². The second kappa shape index (κ2) is 6.23. The number of aliphatic hydroxyl groups is 1. The fourth-order valence-electron chi connectivity index (χ4n) is 2.31. The van der Waals surface area contributed by atoms with Crippen molar-refractivity contribution >= 4 is 15.8 Å². The predicted octanol–water partition coefficient (Wildman–Crippen LogP) is 0.659. The van der Waals surface area contributed by atoms with E-state index in [0.717, 1.165) is 0 Å². The molecule has 1 fully saturated rings. The van der Waals surface area contributed by atoms with E-state index >= 15 is 0 Å². The maximum atomic E-state index is 12.6. The van der Waals surface area contributed by atoms with E-state index in [2.05, 4.69) is 0 Å². The van der Waals surface area contributed by atoms with E-state index in [0.29, 0.717) is 5.56 Å². The molecule has 2 rings (SSSR count). The summed E-state index contributed by atoms with van der Waals surface area (Å²) in [5, 5.41) is 9.18. The smallest absolute Gasteiger partial charge is 0.243 e. The van der Waals surface area contributed by atoms with Crippen molar-refractivity contribution in [2.24, 2.45) is 0 Å². The maximum absolute atomic E-state index is 12.6. The number of aliphatic hydroxyl groups excluding tert-OH is 1. The SMILES string of the molecule is CC(=O)c1ccc(S(=O)(=O)N2CC(C)OC(CO)C2)cc1. The van der Waals surface area contributed by atoms with Crippen molar-refractivity contribution < 1.29 is 23.1 Å². The lowest BCUT2D eigenvalue weighted by Gasteiger charge is -2.35. The summed E-state index contributed by atoms with van der Waals surface area (Å²) >= 11 is 0. The zero-order valence-electron chi connectivity index (χ0n) is 12.0. The standard InChI is InChI=1S/C14H19NO5S/c1-10-7-15(8-13(9-16)20-10)21(18,19)14-5-3-12(4-6-14)11(2)17/h3-6,10,13,16H,7-9H2,1-2H3. The molecule has 0 bridgehead atoms. The summed E-state index contributed by atoms with van der Waals surface area (Å²) in [6.45, 7) is 3.34. The Hall–Kier alpha value is -1.28. The van der Waals surface area contributed by atoms with Crippen molar-refractivity contribution in [2.45, 2.75) is 31.0 Å². The van der Waals surface area contributed by atoms with Gasteiger partial charge < -0.3 is 9.84 Å². The third-order valence-corrected chi connectivity index (χ3v) is 5.24. The zero-order valence-corrected chi connectivity index (χ0v) is 12.8. The van der Waals surface area contributed by atoms with Crippen LogP contribution in [-0.2, 0) is 14.8 Å². The average Bonchev–Trinajstić information content (AvgIpc) is 2.46. The van der Waals surface area contributed by atoms with Gasteiger partial charge in [-0.15, -0.1) is 0 Å². The second-order valence-corrected chi connectivity index (χ2v) is 7.09. The Morgan fingerprint density at radius 2 is 1.95 bits per heavy atom. The van der Waals surface area contributed by atoms with Crippen molar-refractivity contribution in [1.82, 2.24) is 4.31 Å². The van der Waals surface area contributed by atoms with Crippen LogP contribution in [0.1, 0.15) is 24.2 Å². The van der Waals surface area contributed by atoms with Gasteiger partial charge in [-0.05, 0) is 26.0 Å². The van der Waals surface area contributed by atoms with E-state index in [1.807, 2.05) is 0 Å². The van der Waals surface area contributed by atoms with Crippen molar-refractivity contribution in [1.29, 1.82) is 0 Å². The molecule has 0 aromatic heterocycles. The van der Waals surface area contributed by atoms with E-state index in [1.165, 1.54) is 35.5 Å². The monoisotopic (exact) mass is 313 g/mol. The minimum atomic E-state index is -3.65. The van der Waals surface area contributed by atoms with Gasteiger partial charge in [0.25, 0.3) is 0 Å². The highest BCUT2D eigenvalue weighted by molar-refractivity contribution is 7.89. The predicted molar refractivity (Wildman–Crippen MR) is 76.6 cm³/mol. The minimum Gasteiger partial charge on any atom is -0.394 e. The van der Waals surface area contributed by atoms with Crippen molar-refractivity contribution in [2.75, 3.05) is 19.7 Å². The Morgan fingerprint density at radius 1 is 1.33 bits per heavy atom. The fraction of sp³-hybridized carbons (Fsp3) is 0.500. The first-order valence-corrected chi connectivity index (χ1v) is 8.16. The van der Waals surface area contributed by atoms with Crippen LogP contribution in [0.3, 0.4) is 0 Å². The van der Waals surface area contributed by atoms with Crippen molar-refractivity contribution in [3.05, 3.63) is 29.8 Å². The Kier molecular flexibility index (Phi) is 4.77. The zero-order chi connectivity index (χ0) is 15.6. The van der Waals surface area contributed by atoms with Crippen LogP contribution in [-0.4, -0.2) is 55.5 Å². The number of benzene rings is 1. The van der Waals surface area contributed by atoms with Crippen molar-refractivity contribution in [3.63, 3.8) is 0 Å². The Bertz CT molecular complexity index is 611. The van der Waals surface area contributed by atoms with E-state index in [4.69, 9.17) is 4.74 Å².